The first-order valence-electron chi connectivity index (χ1n) is 4.61. The molecule has 1 heterocycles. The van der Waals surface area contributed by atoms with Crippen molar-refractivity contribution in [1.82, 2.24) is 4.98 Å². The second kappa shape index (κ2) is 4.09. The van der Waals surface area contributed by atoms with Gasteiger partial charge in [0.25, 0.3) is 0 Å². The lowest BCUT2D eigenvalue weighted by atomic mass is 10.3. The monoisotopic (exact) mass is 203 g/mol. The van der Waals surface area contributed by atoms with Gasteiger partial charge in [0.2, 0.25) is 0 Å². The SMILES string of the molecule is Cc1ncc(Oc2ccccc2)cc1F. The van der Waals surface area contributed by atoms with Crippen molar-refractivity contribution in [3.05, 3.63) is 54.1 Å². The lowest BCUT2D eigenvalue weighted by Gasteiger charge is -2.05. The molecule has 2 nitrogen and oxygen atoms in total. The van der Waals surface area contributed by atoms with E-state index in [1.807, 2.05) is 18.2 Å². The van der Waals surface area contributed by atoms with E-state index < -0.39 is 0 Å². The van der Waals surface area contributed by atoms with Crippen molar-refractivity contribution in [1.29, 1.82) is 0 Å². The molecule has 0 atom stereocenters. The van der Waals surface area contributed by atoms with Gasteiger partial charge in [-0.2, -0.15) is 0 Å². The lowest BCUT2D eigenvalue weighted by Crippen LogP contribution is -1.90. The van der Waals surface area contributed by atoms with Crippen LogP contribution in [0.25, 0.3) is 0 Å². The minimum atomic E-state index is -0.358. The Bertz CT molecular complexity index is 456. The number of halogens is 1. The standard InChI is InChI=1S/C12H10FNO/c1-9-12(13)7-11(8-14-9)15-10-5-3-2-4-6-10/h2-8H,1H3. The van der Waals surface area contributed by atoms with E-state index in [0.29, 0.717) is 17.2 Å². The molecule has 2 aromatic rings. The van der Waals surface area contributed by atoms with Gasteiger partial charge in [0.1, 0.15) is 17.3 Å². The van der Waals surface area contributed by atoms with E-state index in [1.54, 1.807) is 19.1 Å². The highest BCUT2D eigenvalue weighted by atomic mass is 19.1. The predicted molar refractivity (Wildman–Crippen MR) is 55.4 cm³/mol. The van der Waals surface area contributed by atoms with Gasteiger partial charge in [0.05, 0.1) is 11.9 Å². The zero-order valence-corrected chi connectivity index (χ0v) is 8.27. The maximum Gasteiger partial charge on any atom is 0.148 e. The van der Waals surface area contributed by atoms with Crippen molar-refractivity contribution in [3.63, 3.8) is 0 Å². The molecule has 1 aromatic carbocycles. The summed E-state index contributed by atoms with van der Waals surface area (Å²) in [7, 11) is 0. The van der Waals surface area contributed by atoms with Crippen molar-refractivity contribution < 1.29 is 9.13 Å². The minimum absolute atomic E-state index is 0.358. The molecule has 0 fully saturated rings. The van der Waals surface area contributed by atoms with Crippen LogP contribution < -0.4 is 4.74 Å². The summed E-state index contributed by atoms with van der Waals surface area (Å²) in [6, 6.07) is 10.5. The van der Waals surface area contributed by atoms with E-state index in [1.165, 1.54) is 12.3 Å². The molecule has 2 rings (SSSR count). The molecule has 0 saturated heterocycles. The maximum absolute atomic E-state index is 13.1. The molecule has 0 N–H and O–H groups in total. The molecule has 0 bridgehead atoms. The van der Waals surface area contributed by atoms with Gasteiger partial charge in [-0.05, 0) is 19.1 Å². The smallest absolute Gasteiger partial charge is 0.148 e. The molecule has 0 spiro atoms. The average molecular weight is 203 g/mol. The molecule has 0 amide bonds. The molecule has 0 aliphatic heterocycles. The predicted octanol–water partition coefficient (Wildman–Crippen LogP) is 3.32. The van der Waals surface area contributed by atoms with Gasteiger partial charge in [-0.3, -0.25) is 4.98 Å². The molecule has 0 aliphatic rings. The number of pyridine rings is 1. The van der Waals surface area contributed by atoms with Crippen molar-refractivity contribution in [2.75, 3.05) is 0 Å². The number of hydrogen-bond donors (Lipinski definition) is 0. The van der Waals surface area contributed by atoms with Crippen molar-refractivity contribution in [2.24, 2.45) is 0 Å². The summed E-state index contributed by atoms with van der Waals surface area (Å²) in [4.78, 5) is 3.87. The van der Waals surface area contributed by atoms with Crippen LogP contribution in [-0.2, 0) is 0 Å². The zero-order chi connectivity index (χ0) is 10.7. The van der Waals surface area contributed by atoms with Crippen LogP contribution >= 0.6 is 0 Å². The molecule has 0 saturated carbocycles. The average Bonchev–Trinajstić information content (AvgIpc) is 2.25. The Morgan fingerprint density at radius 3 is 2.53 bits per heavy atom. The van der Waals surface area contributed by atoms with Crippen LogP contribution in [0.5, 0.6) is 11.5 Å². The zero-order valence-electron chi connectivity index (χ0n) is 8.27. The molecule has 1 aromatic heterocycles. The van der Waals surface area contributed by atoms with Gasteiger partial charge in [-0.25, -0.2) is 4.39 Å². The molecule has 76 valence electrons. The van der Waals surface area contributed by atoms with Crippen LogP contribution in [0.3, 0.4) is 0 Å². The number of aromatic nitrogens is 1. The minimum Gasteiger partial charge on any atom is -0.456 e. The molecular weight excluding hydrogens is 193 g/mol. The fourth-order valence-electron chi connectivity index (χ4n) is 1.17. The fourth-order valence-corrected chi connectivity index (χ4v) is 1.17. The molecule has 0 unspecified atom stereocenters. The topological polar surface area (TPSA) is 22.1 Å². The Kier molecular flexibility index (Phi) is 2.63. The normalized spacial score (nSPS) is 10.0. The first kappa shape index (κ1) is 9.65. The lowest BCUT2D eigenvalue weighted by molar-refractivity contribution is 0.472. The van der Waals surface area contributed by atoms with Gasteiger partial charge < -0.3 is 4.74 Å². The van der Waals surface area contributed by atoms with Gasteiger partial charge >= 0.3 is 0 Å². The Balaban J connectivity index is 2.22. The van der Waals surface area contributed by atoms with Crippen molar-refractivity contribution >= 4 is 0 Å². The van der Waals surface area contributed by atoms with E-state index in [0.717, 1.165) is 0 Å². The summed E-state index contributed by atoms with van der Waals surface area (Å²) < 4.78 is 18.6. The third-order valence-electron chi connectivity index (χ3n) is 1.98. The Morgan fingerprint density at radius 2 is 1.87 bits per heavy atom. The number of rotatable bonds is 2. The van der Waals surface area contributed by atoms with E-state index in [4.69, 9.17) is 4.74 Å². The summed E-state index contributed by atoms with van der Waals surface area (Å²) in [5.74, 6) is 0.718. The van der Waals surface area contributed by atoms with Crippen molar-refractivity contribution in [3.8, 4) is 11.5 Å². The number of nitrogens with zero attached hydrogens (tertiary/aromatic N) is 1. The first-order chi connectivity index (χ1) is 7.25. The molecule has 3 heteroatoms. The van der Waals surface area contributed by atoms with Gasteiger partial charge in [0.15, 0.2) is 0 Å². The largest absolute Gasteiger partial charge is 0.456 e. The summed E-state index contributed by atoms with van der Waals surface area (Å²) in [5, 5.41) is 0. The molecular formula is C12H10FNO. The number of ether oxygens (including phenoxy) is 1. The van der Waals surface area contributed by atoms with Crippen LogP contribution in [0, 0.1) is 12.7 Å². The highest BCUT2D eigenvalue weighted by Crippen LogP contribution is 2.21. The summed E-state index contributed by atoms with van der Waals surface area (Å²) >= 11 is 0. The van der Waals surface area contributed by atoms with E-state index in [-0.39, 0.29) is 5.82 Å². The van der Waals surface area contributed by atoms with Crippen molar-refractivity contribution in [2.45, 2.75) is 6.92 Å². The van der Waals surface area contributed by atoms with Gasteiger partial charge in [-0.1, -0.05) is 18.2 Å². The first-order valence-corrected chi connectivity index (χ1v) is 4.61. The van der Waals surface area contributed by atoms with Crippen LogP contribution in [0.4, 0.5) is 4.39 Å². The van der Waals surface area contributed by atoms with Crippen LogP contribution in [0.15, 0.2) is 42.6 Å². The summed E-state index contributed by atoms with van der Waals surface area (Å²) in [6.45, 7) is 1.61. The van der Waals surface area contributed by atoms with Crippen LogP contribution in [0.1, 0.15) is 5.69 Å². The van der Waals surface area contributed by atoms with Crippen LogP contribution in [-0.4, -0.2) is 4.98 Å². The fraction of sp³-hybridized carbons (Fsp3) is 0.0833. The summed E-state index contributed by atoms with van der Waals surface area (Å²) in [5.41, 5.74) is 0.371. The molecule has 15 heavy (non-hydrogen) atoms. The number of para-hydroxylation sites is 1. The Morgan fingerprint density at radius 1 is 1.13 bits per heavy atom. The van der Waals surface area contributed by atoms with E-state index >= 15 is 0 Å². The Labute approximate surface area is 87.4 Å². The van der Waals surface area contributed by atoms with Gasteiger partial charge in [0, 0.05) is 6.07 Å². The quantitative estimate of drug-likeness (QED) is 0.746. The third-order valence-corrected chi connectivity index (χ3v) is 1.98. The summed E-state index contributed by atoms with van der Waals surface area (Å²) in [6.07, 6.45) is 1.51. The highest BCUT2D eigenvalue weighted by molar-refractivity contribution is 5.29. The van der Waals surface area contributed by atoms with Gasteiger partial charge in [-0.15, -0.1) is 0 Å². The van der Waals surface area contributed by atoms with E-state index in [9.17, 15) is 4.39 Å². The molecule has 0 aliphatic carbocycles. The third kappa shape index (κ3) is 2.31. The maximum atomic E-state index is 13.1. The number of aryl methyl sites for hydroxylation is 1. The number of benzene rings is 1. The molecule has 0 radical (unpaired) electrons. The Hall–Kier alpha value is -1.90. The second-order valence-electron chi connectivity index (χ2n) is 3.15. The number of hydrogen-bond acceptors (Lipinski definition) is 2. The second-order valence-corrected chi connectivity index (χ2v) is 3.15. The highest BCUT2D eigenvalue weighted by Gasteiger charge is 2.02. The van der Waals surface area contributed by atoms with E-state index in [2.05, 4.69) is 4.98 Å². The van der Waals surface area contributed by atoms with Crippen LogP contribution in [0.2, 0.25) is 0 Å².